The zero-order valence-corrected chi connectivity index (χ0v) is 16.6. The minimum atomic E-state index is 0.0943. The fourth-order valence-electron chi connectivity index (χ4n) is 4.05. The first-order valence-electron chi connectivity index (χ1n) is 9.71. The number of hydrogen-bond acceptors (Lipinski definition) is 7. The maximum atomic E-state index is 9.31. The average Bonchev–Trinajstić information content (AvgIpc) is 2.74. The van der Waals surface area contributed by atoms with Crippen molar-refractivity contribution in [1.29, 1.82) is 5.26 Å². The van der Waals surface area contributed by atoms with Crippen molar-refractivity contribution in [2.45, 2.75) is 31.7 Å². The normalized spacial score (nSPS) is 21.9. The largest absolute Gasteiger partial charge is 0.367 e. The monoisotopic (exact) mass is 382 g/mol. The summed E-state index contributed by atoms with van der Waals surface area (Å²) >= 11 is 1.83. The molecule has 6 nitrogen and oxygen atoms in total. The molecule has 142 valence electrons. The fourth-order valence-corrected chi connectivity index (χ4v) is 4.62. The van der Waals surface area contributed by atoms with Crippen molar-refractivity contribution in [1.82, 2.24) is 14.3 Å². The highest BCUT2D eigenvalue weighted by molar-refractivity contribution is 7.96. The van der Waals surface area contributed by atoms with Crippen LogP contribution in [0.3, 0.4) is 0 Å². The van der Waals surface area contributed by atoms with E-state index in [0.29, 0.717) is 6.04 Å². The Kier molecular flexibility index (Phi) is 5.65. The van der Waals surface area contributed by atoms with Crippen molar-refractivity contribution < 1.29 is 0 Å². The number of hydrogen-bond donors (Lipinski definition) is 1. The second-order valence-electron chi connectivity index (χ2n) is 7.37. The van der Waals surface area contributed by atoms with Gasteiger partial charge < -0.3 is 10.2 Å². The van der Waals surface area contributed by atoms with Crippen LogP contribution in [-0.2, 0) is 0 Å². The topological polar surface area (TPSA) is 68.1 Å². The smallest absolute Gasteiger partial charge is 0.136 e. The zero-order chi connectivity index (χ0) is 18.6. The Morgan fingerprint density at radius 3 is 2.85 bits per heavy atom. The first kappa shape index (κ1) is 18.3. The van der Waals surface area contributed by atoms with E-state index in [1.165, 1.54) is 0 Å². The van der Waals surface area contributed by atoms with Crippen LogP contribution in [-0.4, -0.2) is 52.7 Å². The summed E-state index contributed by atoms with van der Waals surface area (Å²) in [5.41, 5.74) is 0. The second kappa shape index (κ2) is 8.32. The lowest BCUT2D eigenvalue weighted by atomic mass is 9.99. The van der Waals surface area contributed by atoms with E-state index in [9.17, 15) is 5.26 Å². The molecule has 2 aliphatic rings. The third-order valence-corrected chi connectivity index (χ3v) is 6.48. The highest BCUT2D eigenvalue weighted by Gasteiger charge is 2.23. The number of aromatic nitrogens is 2. The van der Waals surface area contributed by atoms with Crippen LogP contribution in [0, 0.1) is 17.2 Å². The van der Waals surface area contributed by atoms with Crippen LogP contribution in [0.25, 0.3) is 10.8 Å². The van der Waals surface area contributed by atoms with Gasteiger partial charge in [-0.1, -0.05) is 11.9 Å². The summed E-state index contributed by atoms with van der Waals surface area (Å²) in [7, 11) is 0. The van der Waals surface area contributed by atoms with Crippen LogP contribution in [0.1, 0.15) is 25.7 Å². The number of nitrogens with one attached hydrogen (secondary N) is 1. The van der Waals surface area contributed by atoms with Gasteiger partial charge in [-0.3, -0.25) is 4.31 Å². The molecule has 2 saturated heterocycles. The van der Waals surface area contributed by atoms with Gasteiger partial charge in [0.05, 0.1) is 12.0 Å². The Morgan fingerprint density at radius 1 is 1.22 bits per heavy atom. The Morgan fingerprint density at radius 2 is 2.07 bits per heavy atom. The molecule has 2 aromatic rings. The maximum absolute atomic E-state index is 9.31. The Hall–Kier alpha value is -2.04. The molecule has 0 radical (unpaired) electrons. The third-order valence-electron chi connectivity index (χ3n) is 5.59. The van der Waals surface area contributed by atoms with Crippen molar-refractivity contribution in [2.24, 2.45) is 5.92 Å². The zero-order valence-electron chi connectivity index (χ0n) is 15.8. The van der Waals surface area contributed by atoms with Gasteiger partial charge in [0, 0.05) is 55.4 Å². The van der Waals surface area contributed by atoms with E-state index in [2.05, 4.69) is 42.9 Å². The van der Waals surface area contributed by atoms with E-state index >= 15 is 0 Å². The van der Waals surface area contributed by atoms with E-state index in [4.69, 9.17) is 0 Å². The molecule has 4 rings (SSSR count). The Balaban J connectivity index is 1.55. The Bertz CT molecular complexity index is 827. The number of nitriles is 1. The standard InChI is InChI=1S/C20H26N6S/c1-27-26-9-5-17(6-10-26)24-19-11-18-16(13-23-19)4-7-22-20(18)25-8-2-3-15(12-21)14-25/h4,7,11,13,15,17H,2-3,5-6,8-10,14H2,1H3,(H,23,24). The van der Waals surface area contributed by atoms with Crippen molar-refractivity contribution in [2.75, 3.05) is 42.7 Å². The Labute approximate surface area is 165 Å². The van der Waals surface area contributed by atoms with E-state index in [1.54, 1.807) is 0 Å². The first-order valence-corrected chi connectivity index (χ1v) is 10.9. The molecule has 4 heterocycles. The number of anilines is 2. The average molecular weight is 383 g/mol. The van der Waals surface area contributed by atoms with Crippen LogP contribution in [0.4, 0.5) is 11.6 Å². The highest BCUT2D eigenvalue weighted by Crippen LogP contribution is 2.30. The summed E-state index contributed by atoms with van der Waals surface area (Å²) in [5, 5.41) is 15.2. The van der Waals surface area contributed by atoms with Gasteiger partial charge in [0.2, 0.25) is 0 Å². The summed E-state index contributed by atoms with van der Waals surface area (Å²) in [4.78, 5) is 11.6. The molecular formula is C20H26N6S. The summed E-state index contributed by atoms with van der Waals surface area (Å²) < 4.78 is 2.41. The van der Waals surface area contributed by atoms with E-state index in [-0.39, 0.29) is 5.92 Å². The van der Waals surface area contributed by atoms with Crippen molar-refractivity contribution in [3.05, 3.63) is 24.5 Å². The minimum Gasteiger partial charge on any atom is -0.367 e. The molecule has 0 aromatic carbocycles. The molecule has 2 aromatic heterocycles. The molecule has 1 unspecified atom stereocenters. The molecule has 0 aliphatic carbocycles. The quantitative estimate of drug-likeness (QED) is 0.811. The number of fused-ring (bicyclic) bond motifs is 1. The van der Waals surface area contributed by atoms with Crippen LogP contribution < -0.4 is 10.2 Å². The van der Waals surface area contributed by atoms with Crippen LogP contribution in [0.2, 0.25) is 0 Å². The lowest BCUT2D eigenvalue weighted by molar-refractivity contribution is 0.359. The molecule has 0 bridgehead atoms. The molecule has 1 N–H and O–H groups in total. The molecule has 27 heavy (non-hydrogen) atoms. The maximum Gasteiger partial charge on any atom is 0.136 e. The van der Waals surface area contributed by atoms with E-state index in [1.807, 2.05) is 30.4 Å². The molecule has 0 amide bonds. The van der Waals surface area contributed by atoms with Crippen molar-refractivity contribution >= 4 is 34.4 Å². The van der Waals surface area contributed by atoms with Crippen LogP contribution in [0.15, 0.2) is 24.5 Å². The molecule has 7 heteroatoms. The summed E-state index contributed by atoms with van der Waals surface area (Å²) in [6, 6.07) is 7.04. The molecule has 2 aliphatic heterocycles. The number of piperidine rings is 2. The molecule has 2 fully saturated rings. The van der Waals surface area contributed by atoms with Crippen molar-refractivity contribution in [3.63, 3.8) is 0 Å². The van der Waals surface area contributed by atoms with Gasteiger partial charge in [-0.2, -0.15) is 5.26 Å². The van der Waals surface area contributed by atoms with Gasteiger partial charge in [-0.15, -0.1) is 0 Å². The number of nitrogens with zero attached hydrogens (tertiary/aromatic N) is 5. The molecule has 1 atom stereocenters. The van der Waals surface area contributed by atoms with Crippen molar-refractivity contribution in [3.8, 4) is 6.07 Å². The van der Waals surface area contributed by atoms with Gasteiger partial charge in [-0.05, 0) is 44.1 Å². The third kappa shape index (κ3) is 4.12. The van der Waals surface area contributed by atoms with Gasteiger partial charge in [0.25, 0.3) is 0 Å². The highest BCUT2D eigenvalue weighted by atomic mass is 32.2. The summed E-state index contributed by atoms with van der Waals surface area (Å²) in [5.74, 6) is 2.00. The van der Waals surface area contributed by atoms with Crippen LogP contribution >= 0.6 is 11.9 Å². The molecule has 0 saturated carbocycles. The summed E-state index contributed by atoms with van der Waals surface area (Å²) in [6.45, 7) is 3.95. The lowest BCUT2D eigenvalue weighted by Gasteiger charge is -2.32. The van der Waals surface area contributed by atoms with Gasteiger partial charge in [0.15, 0.2) is 0 Å². The second-order valence-corrected chi connectivity index (χ2v) is 8.25. The molecular weight excluding hydrogens is 356 g/mol. The first-order chi connectivity index (χ1) is 13.3. The van der Waals surface area contributed by atoms with E-state index in [0.717, 1.165) is 74.3 Å². The minimum absolute atomic E-state index is 0.0943. The predicted octanol–water partition coefficient (Wildman–Crippen LogP) is 3.52. The van der Waals surface area contributed by atoms with Gasteiger partial charge in [-0.25, -0.2) is 9.97 Å². The lowest BCUT2D eigenvalue weighted by Crippen LogP contribution is -2.36. The summed E-state index contributed by atoms with van der Waals surface area (Å²) in [6.07, 6.45) is 10.2. The fraction of sp³-hybridized carbons (Fsp3) is 0.550. The number of rotatable bonds is 4. The molecule has 0 spiro atoms. The predicted molar refractivity (Wildman–Crippen MR) is 112 cm³/mol. The van der Waals surface area contributed by atoms with Crippen LogP contribution in [0.5, 0.6) is 0 Å². The SMILES string of the molecule is CSN1CCC(Nc2cc3c(N4CCCC(C#N)C4)nccc3cn2)CC1. The van der Waals surface area contributed by atoms with Gasteiger partial charge >= 0.3 is 0 Å². The van der Waals surface area contributed by atoms with Gasteiger partial charge in [0.1, 0.15) is 11.6 Å². The van der Waals surface area contributed by atoms with E-state index < -0.39 is 0 Å². The number of pyridine rings is 2.